The summed E-state index contributed by atoms with van der Waals surface area (Å²) in [7, 11) is 0. The maximum absolute atomic E-state index is 13.7. The van der Waals surface area contributed by atoms with Crippen LogP contribution in [-0.4, -0.2) is 60.7 Å². The lowest BCUT2D eigenvalue weighted by atomic mass is 10.0. The molecule has 222 valence electrons. The molecule has 2 amide bonds. The minimum Gasteiger partial charge on any atom is -0.450 e. The number of pyridine rings is 1. The van der Waals surface area contributed by atoms with Crippen molar-refractivity contribution in [3.8, 4) is 11.1 Å². The van der Waals surface area contributed by atoms with Gasteiger partial charge in [0.05, 0.1) is 17.9 Å². The predicted molar refractivity (Wildman–Crippen MR) is 155 cm³/mol. The Labute approximate surface area is 246 Å². The molecule has 3 heterocycles. The summed E-state index contributed by atoms with van der Waals surface area (Å²) in [5.74, 6) is 0.352. The Hall–Kier alpha value is -3.99. The predicted octanol–water partition coefficient (Wildman–Crippen LogP) is 6.20. The summed E-state index contributed by atoms with van der Waals surface area (Å²) in [6, 6.07) is 12.5. The number of fused-ring (bicyclic) bond motifs is 1. The number of nitrogens with one attached hydrogen (secondary N) is 2. The van der Waals surface area contributed by atoms with Crippen LogP contribution in [0.4, 0.5) is 29.5 Å². The van der Waals surface area contributed by atoms with Gasteiger partial charge in [-0.25, -0.2) is 9.78 Å². The third-order valence-electron chi connectivity index (χ3n) is 7.43. The summed E-state index contributed by atoms with van der Waals surface area (Å²) in [5, 5.41) is 6.50. The molecule has 0 bridgehead atoms. The van der Waals surface area contributed by atoms with Crippen molar-refractivity contribution in [3.05, 3.63) is 76.4 Å². The molecule has 0 aliphatic carbocycles. The molecule has 42 heavy (non-hydrogen) atoms. The smallest absolute Gasteiger partial charge is 0.416 e. The van der Waals surface area contributed by atoms with E-state index in [0.717, 1.165) is 17.2 Å². The zero-order valence-electron chi connectivity index (χ0n) is 23.0. The van der Waals surface area contributed by atoms with Gasteiger partial charge in [-0.15, -0.1) is 0 Å². The van der Waals surface area contributed by atoms with E-state index < -0.39 is 11.7 Å². The molecule has 8 nitrogen and oxygen atoms in total. The third-order valence-corrected chi connectivity index (χ3v) is 7.67. The first-order valence-electron chi connectivity index (χ1n) is 13.8. The molecular weight excluding hydrogens is 571 g/mol. The van der Waals surface area contributed by atoms with Gasteiger partial charge in [-0.05, 0) is 67.3 Å². The number of piperidine rings is 1. The molecule has 3 aromatic rings. The fraction of sp³-hybridized carbons (Fsp3) is 0.367. The SMILES string of the molecule is CCOC(=O)N1CCC(NC(=O)c2cccc(-c3cnc4c(c3)N(Cc3cc(Cl)ccc3C(F)(F)F)CCN4)c2)CC1. The van der Waals surface area contributed by atoms with Crippen LogP contribution in [0.25, 0.3) is 11.1 Å². The number of carbonyl (C=O) groups excluding carboxylic acids is 2. The van der Waals surface area contributed by atoms with E-state index >= 15 is 0 Å². The summed E-state index contributed by atoms with van der Waals surface area (Å²) in [5.41, 5.74) is 1.97. The zero-order chi connectivity index (χ0) is 29.9. The van der Waals surface area contributed by atoms with Gasteiger partial charge >= 0.3 is 12.3 Å². The average molecular weight is 602 g/mol. The lowest BCUT2D eigenvalue weighted by molar-refractivity contribution is -0.138. The van der Waals surface area contributed by atoms with E-state index in [2.05, 4.69) is 15.6 Å². The molecule has 2 aliphatic rings. The monoisotopic (exact) mass is 601 g/mol. The Bertz CT molecular complexity index is 1460. The van der Waals surface area contributed by atoms with Crippen molar-refractivity contribution >= 4 is 35.1 Å². The number of rotatable bonds is 6. The molecule has 0 atom stereocenters. The molecular formula is C30H31ClF3N5O3. The largest absolute Gasteiger partial charge is 0.450 e. The summed E-state index contributed by atoms with van der Waals surface area (Å²) >= 11 is 6.06. The molecule has 5 rings (SSSR count). The number of hydrogen-bond donors (Lipinski definition) is 2. The van der Waals surface area contributed by atoms with Crippen LogP contribution in [-0.2, 0) is 17.5 Å². The fourth-order valence-corrected chi connectivity index (χ4v) is 5.48. The standard InChI is InChI=1S/C30H31ClF3N5O3/c1-2-42-29(41)38-11-8-24(9-12-38)37-28(40)20-5-3-4-19(14-20)21-16-26-27(36-17-21)35-10-13-39(26)18-22-15-23(31)6-7-25(22)30(32,33)34/h3-7,14-17,24H,2,8-13,18H2,1H3,(H,35,36)(H,37,40). The lowest BCUT2D eigenvalue weighted by Crippen LogP contribution is -2.46. The van der Waals surface area contributed by atoms with Crippen molar-refractivity contribution in [2.45, 2.75) is 38.5 Å². The van der Waals surface area contributed by atoms with E-state index in [9.17, 15) is 22.8 Å². The highest BCUT2D eigenvalue weighted by Crippen LogP contribution is 2.37. The molecule has 0 spiro atoms. The van der Waals surface area contributed by atoms with Gasteiger partial charge in [0, 0.05) is 61.1 Å². The quantitative estimate of drug-likeness (QED) is 0.350. The minimum absolute atomic E-state index is 0.00659. The molecule has 12 heteroatoms. The summed E-state index contributed by atoms with van der Waals surface area (Å²) in [4.78, 5) is 33.1. The highest BCUT2D eigenvalue weighted by molar-refractivity contribution is 6.30. The summed E-state index contributed by atoms with van der Waals surface area (Å²) in [6.07, 6.45) is -1.90. The second-order valence-electron chi connectivity index (χ2n) is 10.3. The van der Waals surface area contributed by atoms with E-state index in [0.29, 0.717) is 62.7 Å². The van der Waals surface area contributed by atoms with Crippen LogP contribution in [0, 0.1) is 0 Å². The van der Waals surface area contributed by atoms with Gasteiger partial charge in [0.25, 0.3) is 5.91 Å². The normalized spacial score (nSPS) is 15.5. The molecule has 2 aromatic carbocycles. The highest BCUT2D eigenvalue weighted by atomic mass is 35.5. The number of benzene rings is 2. The number of aromatic nitrogens is 1. The Balaban J connectivity index is 1.32. The summed E-state index contributed by atoms with van der Waals surface area (Å²) < 4.78 is 46.2. The van der Waals surface area contributed by atoms with Crippen molar-refractivity contribution in [3.63, 3.8) is 0 Å². The van der Waals surface area contributed by atoms with Gasteiger partial charge < -0.3 is 25.2 Å². The van der Waals surface area contributed by atoms with Gasteiger partial charge in [-0.1, -0.05) is 23.7 Å². The van der Waals surface area contributed by atoms with Gasteiger partial charge in [0.15, 0.2) is 0 Å². The van der Waals surface area contributed by atoms with Crippen LogP contribution in [0.1, 0.15) is 41.3 Å². The molecule has 1 fully saturated rings. The van der Waals surface area contributed by atoms with Crippen LogP contribution in [0.5, 0.6) is 0 Å². The van der Waals surface area contributed by atoms with Crippen LogP contribution in [0.3, 0.4) is 0 Å². The topological polar surface area (TPSA) is 86.8 Å². The van der Waals surface area contributed by atoms with E-state index in [4.69, 9.17) is 16.3 Å². The van der Waals surface area contributed by atoms with Crippen LogP contribution in [0.2, 0.25) is 5.02 Å². The van der Waals surface area contributed by atoms with Crippen molar-refractivity contribution in [1.82, 2.24) is 15.2 Å². The van der Waals surface area contributed by atoms with Crippen LogP contribution in [0.15, 0.2) is 54.7 Å². The molecule has 2 aliphatic heterocycles. The molecule has 1 aromatic heterocycles. The lowest BCUT2D eigenvalue weighted by Gasteiger charge is -2.32. The Morgan fingerprint density at radius 3 is 2.62 bits per heavy atom. The average Bonchev–Trinajstić information content (AvgIpc) is 2.97. The van der Waals surface area contributed by atoms with Crippen LogP contribution < -0.4 is 15.5 Å². The molecule has 0 unspecified atom stereocenters. The molecule has 1 saturated heterocycles. The van der Waals surface area contributed by atoms with Gasteiger partial charge in [-0.2, -0.15) is 13.2 Å². The zero-order valence-corrected chi connectivity index (χ0v) is 23.8. The Morgan fingerprint density at radius 1 is 1.10 bits per heavy atom. The number of alkyl halides is 3. The van der Waals surface area contributed by atoms with Crippen molar-refractivity contribution in [2.75, 3.05) is 43.0 Å². The Kier molecular flexibility index (Phi) is 8.77. The minimum atomic E-state index is -4.50. The number of halogens is 4. The number of carbonyl (C=O) groups is 2. The number of hydrogen-bond acceptors (Lipinski definition) is 6. The first-order chi connectivity index (χ1) is 20.1. The fourth-order valence-electron chi connectivity index (χ4n) is 5.29. The Morgan fingerprint density at radius 2 is 1.88 bits per heavy atom. The second-order valence-corrected chi connectivity index (χ2v) is 10.7. The number of likely N-dealkylation sites (tertiary alicyclic amines) is 1. The highest BCUT2D eigenvalue weighted by Gasteiger charge is 2.34. The summed E-state index contributed by atoms with van der Waals surface area (Å²) in [6.45, 7) is 4.10. The second kappa shape index (κ2) is 12.5. The van der Waals surface area contributed by atoms with Crippen molar-refractivity contribution < 1.29 is 27.5 Å². The van der Waals surface area contributed by atoms with Crippen molar-refractivity contribution in [1.29, 1.82) is 0 Å². The number of amides is 2. The third kappa shape index (κ3) is 6.73. The number of nitrogens with zero attached hydrogens (tertiary/aromatic N) is 3. The maximum Gasteiger partial charge on any atom is 0.416 e. The van der Waals surface area contributed by atoms with E-state index in [1.54, 1.807) is 36.2 Å². The first-order valence-corrected chi connectivity index (χ1v) is 14.2. The molecule has 0 saturated carbocycles. The maximum atomic E-state index is 13.7. The van der Waals surface area contributed by atoms with E-state index in [1.165, 1.54) is 12.1 Å². The first kappa shape index (κ1) is 29.5. The van der Waals surface area contributed by atoms with Crippen LogP contribution >= 0.6 is 11.6 Å². The van der Waals surface area contributed by atoms with E-state index in [-0.39, 0.29) is 35.2 Å². The van der Waals surface area contributed by atoms with E-state index in [1.807, 2.05) is 17.0 Å². The number of anilines is 2. The van der Waals surface area contributed by atoms with Gasteiger partial charge in [0.1, 0.15) is 5.82 Å². The molecule has 0 radical (unpaired) electrons. The number of ether oxygens (including phenoxy) is 1. The molecule has 2 N–H and O–H groups in total. The van der Waals surface area contributed by atoms with Gasteiger partial charge in [-0.3, -0.25) is 4.79 Å². The van der Waals surface area contributed by atoms with Crippen molar-refractivity contribution in [2.24, 2.45) is 0 Å². The van der Waals surface area contributed by atoms with Gasteiger partial charge in [0.2, 0.25) is 0 Å².